The highest BCUT2D eigenvalue weighted by molar-refractivity contribution is 5.96. The maximum atomic E-state index is 13.1. The number of likely N-dealkylation sites (tertiary alicyclic amines) is 1. The maximum Gasteiger partial charge on any atom is 0.253 e. The zero-order valence-electron chi connectivity index (χ0n) is 20.2. The lowest BCUT2D eigenvalue weighted by atomic mass is 9.84. The molecule has 176 valence electrons. The Labute approximate surface area is 201 Å². The van der Waals surface area contributed by atoms with Crippen molar-refractivity contribution in [1.29, 1.82) is 5.26 Å². The average Bonchev–Trinajstić information content (AvgIpc) is 2.82. The highest BCUT2D eigenvalue weighted by Gasteiger charge is 2.32. The Morgan fingerprint density at radius 3 is 2.53 bits per heavy atom. The van der Waals surface area contributed by atoms with Gasteiger partial charge in [-0.25, -0.2) is 0 Å². The first-order valence-electron chi connectivity index (χ1n) is 11.8. The van der Waals surface area contributed by atoms with Gasteiger partial charge in [-0.2, -0.15) is 5.26 Å². The van der Waals surface area contributed by atoms with Gasteiger partial charge < -0.3 is 15.4 Å². The van der Waals surface area contributed by atoms with Crippen molar-refractivity contribution >= 4 is 17.8 Å². The molecule has 2 aromatic carbocycles. The fraction of sp³-hybridized carbons (Fsp3) is 0.393. The number of rotatable bonds is 5. The lowest BCUT2D eigenvalue weighted by molar-refractivity contribution is 0.0541. The van der Waals surface area contributed by atoms with Crippen LogP contribution in [0, 0.1) is 23.7 Å². The molecule has 34 heavy (non-hydrogen) atoms. The summed E-state index contributed by atoms with van der Waals surface area (Å²) < 4.78 is 5.47. The highest BCUT2D eigenvalue weighted by Crippen LogP contribution is 2.30. The van der Waals surface area contributed by atoms with E-state index in [-0.39, 0.29) is 11.3 Å². The molecule has 0 atom stereocenters. The van der Waals surface area contributed by atoms with Crippen LogP contribution in [0.3, 0.4) is 0 Å². The third-order valence-electron chi connectivity index (χ3n) is 7.05. The fourth-order valence-corrected chi connectivity index (χ4v) is 4.40. The minimum atomic E-state index is 0.00909. The van der Waals surface area contributed by atoms with E-state index in [0.717, 1.165) is 48.4 Å². The van der Waals surface area contributed by atoms with E-state index in [4.69, 9.17) is 15.7 Å². The number of nitrogens with zero attached hydrogens (tertiary/aromatic N) is 3. The number of nitriles is 1. The summed E-state index contributed by atoms with van der Waals surface area (Å²) in [4.78, 5) is 19.7. The molecule has 0 radical (unpaired) electrons. The number of aliphatic imine (C=N–C) groups is 1. The van der Waals surface area contributed by atoms with E-state index in [1.165, 1.54) is 0 Å². The number of aryl methyl sites for hydroxylation is 1. The van der Waals surface area contributed by atoms with Crippen molar-refractivity contribution in [3.05, 3.63) is 76.0 Å². The van der Waals surface area contributed by atoms with Crippen molar-refractivity contribution in [2.45, 2.75) is 39.5 Å². The van der Waals surface area contributed by atoms with E-state index >= 15 is 0 Å². The number of hydrogen-bond acceptors (Lipinski definition) is 5. The summed E-state index contributed by atoms with van der Waals surface area (Å²) in [6, 6.07) is 15.4. The monoisotopic (exact) mass is 456 g/mol. The molecule has 2 N–H and O–H groups in total. The number of ether oxygens (including phenoxy) is 1. The van der Waals surface area contributed by atoms with Crippen LogP contribution in [0.25, 0.3) is 5.70 Å². The summed E-state index contributed by atoms with van der Waals surface area (Å²) in [5, 5.41) is 8.97. The second kappa shape index (κ2) is 9.82. The van der Waals surface area contributed by atoms with Gasteiger partial charge in [-0.15, -0.1) is 0 Å². The molecule has 1 amide bonds. The average molecular weight is 457 g/mol. The lowest BCUT2D eigenvalue weighted by Gasteiger charge is -2.39. The molecule has 2 saturated heterocycles. The van der Waals surface area contributed by atoms with E-state index in [9.17, 15) is 4.79 Å². The Balaban J connectivity index is 1.46. The van der Waals surface area contributed by atoms with Crippen LogP contribution in [0.1, 0.15) is 65.2 Å². The molecular formula is C28H32N4O2. The van der Waals surface area contributed by atoms with Crippen molar-refractivity contribution in [2.75, 3.05) is 26.3 Å². The molecule has 0 unspecified atom stereocenters. The van der Waals surface area contributed by atoms with Gasteiger partial charge in [-0.3, -0.25) is 9.79 Å². The van der Waals surface area contributed by atoms with Crippen LogP contribution in [0.4, 0.5) is 0 Å². The molecule has 2 aliphatic rings. The van der Waals surface area contributed by atoms with E-state index in [2.05, 4.69) is 18.0 Å². The van der Waals surface area contributed by atoms with Crippen LogP contribution >= 0.6 is 0 Å². The van der Waals surface area contributed by atoms with Crippen LogP contribution in [-0.2, 0) is 4.74 Å². The first kappa shape index (κ1) is 23.7. The van der Waals surface area contributed by atoms with Crippen molar-refractivity contribution in [1.82, 2.24) is 4.90 Å². The van der Waals surface area contributed by atoms with Crippen molar-refractivity contribution in [3.8, 4) is 6.07 Å². The summed E-state index contributed by atoms with van der Waals surface area (Å²) in [6.45, 7) is 8.97. The smallest absolute Gasteiger partial charge is 0.253 e. The zero-order chi connectivity index (χ0) is 24.3. The second-order valence-electron chi connectivity index (χ2n) is 9.69. The molecule has 0 aliphatic carbocycles. The molecule has 2 aliphatic heterocycles. The first-order chi connectivity index (χ1) is 16.3. The summed E-state index contributed by atoms with van der Waals surface area (Å²) in [7, 11) is 0. The molecule has 0 bridgehead atoms. The van der Waals surface area contributed by atoms with E-state index < -0.39 is 0 Å². The molecule has 2 heterocycles. The molecule has 0 aromatic heterocycles. The van der Waals surface area contributed by atoms with E-state index in [1.54, 1.807) is 0 Å². The SMILES string of the molecule is C/C(N=CC1(C)CCOCC1)=C(/N)c1cc(C(=O)N2CC(c3ccc(C#N)cc3)C2)ccc1C. The molecule has 0 spiro atoms. The third-order valence-corrected chi connectivity index (χ3v) is 7.05. The number of allylic oxidation sites excluding steroid dienone is 1. The Morgan fingerprint density at radius 1 is 1.21 bits per heavy atom. The molecule has 0 saturated carbocycles. The predicted octanol–water partition coefficient (Wildman–Crippen LogP) is 4.64. The summed E-state index contributed by atoms with van der Waals surface area (Å²) >= 11 is 0. The lowest BCUT2D eigenvalue weighted by Crippen LogP contribution is -2.48. The molecule has 6 heteroatoms. The van der Waals surface area contributed by atoms with E-state index in [1.807, 2.05) is 67.4 Å². The number of carbonyl (C=O) groups excluding carboxylic acids is 1. The van der Waals surface area contributed by atoms with Crippen LogP contribution in [0.5, 0.6) is 0 Å². The van der Waals surface area contributed by atoms with Crippen LogP contribution in [0.2, 0.25) is 0 Å². The number of hydrogen-bond donors (Lipinski definition) is 1. The Bertz CT molecular complexity index is 1160. The van der Waals surface area contributed by atoms with Gasteiger partial charge in [0.05, 0.1) is 23.0 Å². The minimum Gasteiger partial charge on any atom is -0.397 e. The van der Waals surface area contributed by atoms with Gasteiger partial charge in [0.2, 0.25) is 0 Å². The topological polar surface area (TPSA) is 91.7 Å². The standard InChI is InChI=1S/C28H32N4O2/c1-19-4-7-23(27(33)32-16-24(17-32)22-8-5-21(15-29)6-9-22)14-25(19)26(30)20(2)31-18-28(3)10-12-34-13-11-28/h4-9,14,18,24H,10-13,16-17,30H2,1-3H3/b26-20-,31-18?. The Kier molecular flexibility index (Phi) is 6.85. The summed E-state index contributed by atoms with van der Waals surface area (Å²) in [5.74, 6) is 0.310. The zero-order valence-corrected chi connectivity index (χ0v) is 20.2. The molecular weight excluding hydrogens is 424 g/mol. The quantitative estimate of drug-likeness (QED) is 0.664. The summed E-state index contributed by atoms with van der Waals surface area (Å²) in [6.07, 6.45) is 3.91. The van der Waals surface area contributed by atoms with Crippen LogP contribution in [0.15, 0.2) is 53.2 Å². The molecule has 2 fully saturated rings. The number of carbonyl (C=O) groups is 1. The van der Waals surface area contributed by atoms with Gasteiger partial charge in [0.15, 0.2) is 0 Å². The van der Waals surface area contributed by atoms with Gasteiger partial charge in [0, 0.05) is 55.0 Å². The van der Waals surface area contributed by atoms with Gasteiger partial charge >= 0.3 is 0 Å². The van der Waals surface area contributed by atoms with Crippen molar-refractivity contribution < 1.29 is 9.53 Å². The second-order valence-corrected chi connectivity index (χ2v) is 9.69. The number of benzene rings is 2. The van der Waals surface area contributed by atoms with Gasteiger partial charge in [0.25, 0.3) is 5.91 Å². The molecule has 2 aromatic rings. The van der Waals surface area contributed by atoms with Crippen molar-refractivity contribution in [2.24, 2.45) is 16.1 Å². The van der Waals surface area contributed by atoms with E-state index in [0.29, 0.717) is 35.8 Å². The van der Waals surface area contributed by atoms with Gasteiger partial charge in [-0.05, 0) is 62.1 Å². The highest BCUT2D eigenvalue weighted by atomic mass is 16.5. The third kappa shape index (κ3) is 5.05. The summed E-state index contributed by atoms with van der Waals surface area (Å²) in [5.41, 5.74) is 12.2. The first-order valence-corrected chi connectivity index (χ1v) is 11.8. The van der Waals surface area contributed by atoms with Crippen LogP contribution < -0.4 is 5.73 Å². The molecule has 6 nitrogen and oxygen atoms in total. The van der Waals surface area contributed by atoms with Gasteiger partial charge in [0.1, 0.15) is 0 Å². The largest absolute Gasteiger partial charge is 0.397 e. The number of nitrogens with two attached hydrogens (primary N) is 1. The Morgan fingerprint density at radius 2 is 1.88 bits per heavy atom. The minimum absolute atomic E-state index is 0.00909. The van der Waals surface area contributed by atoms with Crippen LogP contribution in [-0.4, -0.2) is 43.3 Å². The molecule has 4 rings (SSSR count). The van der Waals surface area contributed by atoms with Crippen molar-refractivity contribution in [3.63, 3.8) is 0 Å². The predicted molar refractivity (Wildman–Crippen MR) is 134 cm³/mol. The van der Waals surface area contributed by atoms with Gasteiger partial charge in [-0.1, -0.05) is 25.1 Å². The Hall–Kier alpha value is -3.43. The fourth-order valence-electron chi connectivity index (χ4n) is 4.40. The normalized spacial score (nSPS) is 18.8. The number of amides is 1. The maximum absolute atomic E-state index is 13.1.